The molecule has 0 aromatic heterocycles. The maximum Gasteiger partial charge on any atom is 0.383 e. The fraction of sp³-hybridized carbons (Fsp3) is 0.889. The molecule has 0 radical (unpaired) electrons. The number of piperidine rings is 1. The molecule has 1 rings (SSSR count). The van der Waals surface area contributed by atoms with Gasteiger partial charge in [0.1, 0.15) is 0 Å². The van der Waals surface area contributed by atoms with Gasteiger partial charge in [-0.3, -0.25) is 4.79 Å². The molecule has 0 bridgehead atoms. The number of hydrogen-bond acceptors (Lipinski definition) is 2. The maximum atomic E-state index is 12.8. The van der Waals surface area contributed by atoms with Gasteiger partial charge in [-0.2, -0.15) is 8.78 Å². The minimum absolute atomic E-state index is 0.390. The second-order valence-corrected chi connectivity index (χ2v) is 3.82. The van der Waals surface area contributed by atoms with Crippen LogP contribution in [-0.2, 0) is 4.79 Å². The summed E-state index contributed by atoms with van der Waals surface area (Å²) in [7, 11) is 1.15. The van der Waals surface area contributed by atoms with Crippen molar-refractivity contribution in [3.8, 4) is 0 Å². The molecule has 0 saturated carbocycles. The Kier molecular flexibility index (Phi) is 4.12. The quantitative estimate of drug-likeness (QED) is 0.751. The van der Waals surface area contributed by atoms with E-state index in [9.17, 15) is 22.4 Å². The largest absolute Gasteiger partial charge is 0.383 e. The van der Waals surface area contributed by atoms with E-state index in [-0.39, 0.29) is 0 Å². The monoisotopic (exact) mass is 242 g/mol. The summed E-state index contributed by atoms with van der Waals surface area (Å²) in [6, 6.07) is -0.390. The fourth-order valence-corrected chi connectivity index (χ4v) is 1.69. The zero-order valence-electron chi connectivity index (χ0n) is 8.85. The molecule has 1 saturated heterocycles. The van der Waals surface area contributed by atoms with Crippen molar-refractivity contribution in [3.63, 3.8) is 0 Å². The summed E-state index contributed by atoms with van der Waals surface area (Å²) in [4.78, 5) is 11.9. The van der Waals surface area contributed by atoms with E-state index >= 15 is 0 Å². The number of halogens is 4. The topological polar surface area (TPSA) is 32.3 Å². The minimum atomic E-state index is -4.58. The normalized spacial score (nSPS) is 18.9. The van der Waals surface area contributed by atoms with E-state index in [0.717, 1.165) is 11.9 Å². The van der Waals surface area contributed by atoms with Crippen LogP contribution in [0.2, 0.25) is 0 Å². The maximum absolute atomic E-state index is 12.8. The van der Waals surface area contributed by atoms with Crippen molar-refractivity contribution >= 4 is 5.91 Å². The average Bonchev–Trinajstić information content (AvgIpc) is 2.28. The van der Waals surface area contributed by atoms with Crippen LogP contribution in [0.15, 0.2) is 0 Å². The summed E-state index contributed by atoms with van der Waals surface area (Å²) in [5, 5.41) is 3.00. The third-order valence-corrected chi connectivity index (χ3v) is 2.74. The van der Waals surface area contributed by atoms with Gasteiger partial charge in [-0.1, -0.05) is 0 Å². The predicted molar refractivity (Wildman–Crippen MR) is 49.6 cm³/mol. The first-order chi connectivity index (χ1) is 7.37. The van der Waals surface area contributed by atoms with Crippen LogP contribution in [0.5, 0.6) is 0 Å². The van der Waals surface area contributed by atoms with Gasteiger partial charge >= 0.3 is 12.3 Å². The third kappa shape index (κ3) is 2.63. The van der Waals surface area contributed by atoms with Gasteiger partial charge in [0.15, 0.2) is 0 Å². The molecule has 0 aromatic rings. The van der Waals surface area contributed by atoms with Crippen molar-refractivity contribution in [1.82, 2.24) is 10.2 Å². The van der Waals surface area contributed by atoms with Gasteiger partial charge in [-0.25, -0.2) is 8.78 Å². The van der Waals surface area contributed by atoms with E-state index in [1.807, 2.05) is 0 Å². The zero-order chi connectivity index (χ0) is 12.3. The molecule has 1 fully saturated rings. The van der Waals surface area contributed by atoms with Crippen molar-refractivity contribution in [2.45, 2.75) is 31.2 Å². The number of alkyl halides is 4. The van der Waals surface area contributed by atoms with Gasteiger partial charge in [0, 0.05) is 13.1 Å². The molecule has 1 N–H and O–H groups in total. The zero-order valence-corrected chi connectivity index (χ0v) is 8.85. The Balaban J connectivity index is 2.65. The lowest BCUT2D eigenvalue weighted by Gasteiger charge is -2.33. The Bertz CT molecular complexity index is 254. The summed E-state index contributed by atoms with van der Waals surface area (Å²) >= 11 is 0. The van der Waals surface area contributed by atoms with Crippen molar-refractivity contribution in [1.29, 1.82) is 0 Å². The highest BCUT2D eigenvalue weighted by atomic mass is 19.3. The van der Waals surface area contributed by atoms with E-state index in [1.54, 1.807) is 0 Å². The first-order valence-corrected chi connectivity index (χ1v) is 5.01. The van der Waals surface area contributed by atoms with E-state index in [1.165, 1.54) is 0 Å². The number of rotatable bonds is 3. The van der Waals surface area contributed by atoms with Crippen LogP contribution in [0, 0.1) is 0 Å². The second-order valence-electron chi connectivity index (χ2n) is 3.82. The van der Waals surface area contributed by atoms with Crippen molar-refractivity contribution in [2.75, 3.05) is 20.1 Å². The summed E-state index contributed by atoms with van der Waals surface area (Å²) in [5.41, 5.74) is 0. The van der Waals surface area contributed by atoms with Gasteiger partial charge in [0.2, 0.25) is 0 Å². The summed E-state index contributed by atoms with van der Waals surface area (Å²) in [6.45, 7) is 1.20. The van der Waals surface area contributed by atoms with Gasteiger partial charge in [0.25, 0.3) is 5.91 Å². The molecule has 0 aromatic carbocycles. The van der Waals surface area contributed by atoms with Crippen LogP contribution in [0.1, 0.15) is 12.8 Å². The highest BCUT2D eigenvalue weighted by Crippen LogP contribution is 2.26. The summed E-state index contributed by atoms with van der Waals surface area (Å²) in [6.07, 6.45) is -2.95. The molecule has 0 aliphatic carbocycles. The molecule has 16 heavy (non-hydrogen) atoms. The highest BCUT2D eigenvalue weighted by molar-refractivity contribution is 5.84. The van der Waals surface area contributed by atoms with Crippen molar-refractivity contribution < 1.29 is 22.4 Å². The molecule has 1 aliphatic heterocycles. The Morgan fingerprint density at radius 1 is 1.38 bits per heavy atom. The van der Waals surface area contributed by atoms with Gasteiger partial charge in [-0.05, 0) is 25.9 Å². The van der Waals surface area contributed by atoms with Crippen molar-refractivity contribution in [2.24, 2.45) is 0 Å². The molecule has 0 spiro atoms. The Labute approximate surface area is 90.8 Å². The summed E-state index contributed by atoms with van der Waals surface area (Å²) < 4.78 is 49.5. The van der Waals surface area contributed by atoms with E-state index in [2.05, 4.69) is 5.32 Å². The van der Waals surface area contributed by atoms with Crippen molar-refractivity contribution in [3.05, 3.63) is 0 Å². The first-order valence-electron chi connectivity index (χ1n) is 5.01. The number of carbonyl (C=O) groups is 1. The number of carbonyl (C=O) groups excluding carboxylic acids is 1. The Hall–Kier alpha value is -0.850. The van der Waals surface area contributed by atoms with Crippen LogP contribution < -0.4 is 5.32 Å². The smallest absolute Gasteiger partial charge is 0.337 e. The molecular formula is C9H14F4N2O. The average molecular weight is 242 g/mol. The Morgan fingerprint density at radius 2 is 1.88 bits per heavy atom. The fourth-order valence-electron chi connectivity index (χ4n) is 1.69. The van der Waals surface area contributed by atoms with E-state index in [4.69, 9.17) is 0 Å². The third-order valence-electron chi connectivity index (χ3n) is 2.74. The van der Waals surface area contributed by atoms with Gasteiger partial charge < -0.3 is 10.2 Å². The predicted octanol–water partition coefficient (Wildman–Crippen LogP) is 1.10. The molecule has 1 aliphatic rings. The van der Waals surface area contributed by atoms with Crippen LogP contribution in [0.3, 0.4) is 0 Å². The number of nitrogens with one attached hydrogen (secondary N) is 1. The standard InChI is InChI=1S/C9H14F4N2O/c1-15(6-2-4-14-5-3-6)8(16)9(12,13)7(10)11/h6-7,14H,2-5H2,1H3. The molecule has 1 amide bonds. The lowest BCUT2D eigenvalue weighted by Crippen LogP contribution is -2.52. The van der Waals surface area contributed by atoms with Gasteiger partial charge in [-0.15, -0.1) is 0 Å². The molecule has 94 valence electrons. The lowest BCUT2D eigenvalue weighted by molar-refractivity contribution is -0.181. The Morgan fingerprint density at radius 3 is 2.31 bits per heavy atom. The number of hydrogen-bond donors (Lipinski definition) is 1. The molecule has 7 heteroatoms. The number of nitrogens with zero attached hydrogens (tertiary/aromatic N) is 1. The first kappa shape index (κ1) is 13.2. The van der Waals surface area contributed by atoms with Crippen LogP contribution in [0.4, 0.5) is 17.6 Å². The number of amides is 1. The van der Waals surface area contributed by atoms with Crippen LogP contribution >= 0.6 is 0 Å². The van der Waals surface area contributed by atoms with Crippen LogP contribution in [-0.4, -0.2) is 49.3 Å². The van der Waals surface area contributed by atoms with E-state index < -0.39 is 24.3 Å². The molecular weight excluding hydrogens is 228 g/mol. The lowest BCUT2D eigenvalue weighted by atomic mass is 10.0. The molecule has 1 heterocycles. The van der Waals surface area contributed by atoms with Gasteiger partial charge in [0.05, 0.1) is 0 Å². The van der Waals surface area contributed by atoms with Crippen LogP contribution in [0.25, 0.3) is 0 Å². The molecule has 0 atom stereocenters. The summed E-state index contributed by atoms with van der Waals surface area (Å²) in [5.74, 6) is -6.38. The minimum Gasteiger partial charge on any atom is -0.337 e. The molecule has 0 unspecified atom stereocenters. The highest BCUT2D eigenvalue weighted by Gasteiger charge is 2.51. The SMILES string of the molecule is CN(C(=O)C(F)(F)C(F)F)C1CCNCC1. The second kappa shape index (κ2) is 4.99. The van der Waals surface area contributed by atoms with E-state index in [0.29, 0.717) is 25.9 Å². The molecule has 3 nitrogen and oxygen atoms in total.